The van der Waals surface area contributed by atoms with Crippen LogP contribution in [-0.2, 0) is 16.6 Å². The molecular formula is C10H18N2O3S2. The predicted molar refractivity (Wildman–Crippen MR) is 68.4 cm³/mol. The molecule has 0 fully saturated rings. The average molecular weight is 278 g/mol. The Kier molecular flexibility index (Phi) is 5.51. The van der Waals surface area contributed by atoms with E-state index in [0.717, 1.165) is 10.6 Å². The molecule has 1 aromatic heterocycles. The van der Waals surface area contributed by atoms with Gasteiger partial charge in [-0.25, -0.2) is 13.4 Å². The van der Waals surface area contributed by atoms with E-state index >= 15 is 0 Å². The van der Waals surface area contributed by atoms with Gasteiger partial charge in [0.15, 0.2) is 0 Å². The Morgan fingerprint density at radius 3 is 2.71 bits per heavy atom. The Bertz CT molecular complexity index is 442. The van der Waals surface area contributed by atoms with Gasteiger partial charge in [-0.3, -0.25) is 0 Å². The van der Waals surface area contributed by atoms with Crippen molar-refractivity contribution < 1.29 is 13.5 Å². The summed E-state index contributed by atoms with van der Waals surface area (Å²) in [5.74, 6) is 0.0852. The number of hydrogen-bond acceptors (Lipinski definition) is 5. The third-order valence-corrected chi connectivity index (χ3v) is 5.30. The maximum absolute atomic E-state index is 11.9. The Morgan fingerprint density at radius 1 is 1.47 bits per heavy atom. The van der Waals surface area contributed by atoms with Gasteiger partial charge in [-0.2, -0.15) is 4.31 Å². The zero-order valence-corrected chi connectivity index (χ0v) is 11.7. The summed E-state index contributed by atoms with van der Waals surface area (Å²) in [6.45, 7) is 2.28. The number of aromatic nitrogens is 1. The summed E-state index contributed by atoms with van der Waals surface area (Å²) in [7, 11) is -1.65. The average Bonchev–Trinajstić information content (AvgIpc) is 2.64. The van der Waals surface area contributed by atoms with E-state index in [2.05, 4.69) is 4.98 Å². The standard InChI is InChI=1S/C10H18N2O3S2/c1-9-10(16-8-11-9)7-12(2)17(14,15)6-4-3-5-13/h8,13H,3-7H2,1-2H3. The molecule has 1 rings (SSSR count). The minimum absolute atomic E-state index is 0.0349. The Labute approximate surface area is 106 Å². The normalized spacial score (nSPS) is 12.2. The number of thiazole rings is 1. The van der Waals surface area contributed by atoms with Crippen molar-refractivity contribution in [2.24, 2.45) is 0 Å². The van der Waals surface area contributed by atoms with Gasteiger partial charge in [-0.15, -0.1) is 11.3 Å². The lowest BCUT2D eigenvalue weighted by molar-refractivity contribution is 0.287. The number of aliphatic hydroxyl groups is 1. The van der Waals surface area contributed by atoms with Crippen molar-refractivity contribution in [1.82, 2.24) is 9.29 Å². The fourth-order valence-electron chi connectivity index (χ4n) is 1.33. The summed E-state index contributed by atoms with van der Waals surface area (Å²) in [5.41, 5.74) is 2.60. The highest BCUT2D eigenvalue weighted by molar-refractivity contribution is 7.89. The van der Waals surface area contributed by atoms with E-state index in [9.17, 15) is 8.42 Å². The van der Waals surface area contributed by atoms with Crippen LogP contribution in [0.3, 0.4) is 0 Å². The van der Waals surface area contributed by atoms with E-state index in [4.69, 9.17) is 5.11 Å². The molecule has 0 aromatic carbocycles. The van der Waals surface area contributed by atoms with Gasteiger partial charge in [0.05, 0.1) is 17.0 Å². The Balaban J connectivity index is 2.57. The molecule has 0 unspecified atom stereocenters. The molecule has 0 bridgehead atoms. The van der Waals surface area contributed by atoms with Crippen LogP contribution in [0.15, 0.2) is 5.51 Å². The van der Waals surface area contributed by atoms with Crippen molar-refractivity contribution in [2.45, 2.75) is 26.3 Å². The molecule has 0 aliphatic heterocycles. The third kappa shape index (κ3) is 4.34. The number of aryl methyl sites for hydroxylation is 1. The van der Waals surface area contributed by atoms with Crippen molar-refractivity contribution in [3.8, 4) is 0 Å². The SMILES string of the molecule is Cc1ncsc1CN(C)S(=O)(=O)CCCCO. The second-order valence-electron chi connectivity index (χ2n) is 3.86. The van der Waals surface area contributed by atoms with Gasteiger partial charge in [-0.1, -0.05) is 0 Å². The Morgan fingerprint density at radius 2 is 2.18 bits per heavy atom. The number of hydrogen-bond donors (Lipinski definition) is 1. The monoisotopic (exact) mass is 278 g/mol. The highest BCUT2D eigenvalue weighted by atomic mass is 32.2. The van der Waals surface area contributed by atoms with E-state index in [-0.39, 0.29) is 12.4 Å². The smallest absolute Gasteiger partial charge is 0.214 e. The van der Waals surface area contributed by atoms with Gasteiger partial charge in [0.1, 0.15) is 0 Å². The van der Waals surface area contributed by atoms with Crippen LogP contribution in [0.2, 0.25) is 0 Å². The predicted octanol–water partition coefficient (Wildman–Crippen LogP) is 0.986. The van der Waals surface area contributed by atoms with E-state index in [1.165, 1.54) is 15.6 Å². The first-order valence-electron chi connectivity index (χ1n) is 5.41. The highest BCUT2D eigenvalue weighted by Gasteiger charge is 2.18. The zero-order valence-electron chi connectivity index (χ0n) is 10.1. The molecule has 0 radical (unpaired) electrons. The molecule has 0 aliphatic carbocycles. The van der Waals surface area contributed by atoms with Crippen LogP contribution in [0, 0.1) is 6.92 Å². The molecule has 7 heteroatoms. The minimum Gasteiger partial charge on any atom is -0.396 e. The molecule has 0 saturated heterocycles. The molecule has 1 N–H and O–H groups in total. The van der Waals surface area contributed by atoms with Crippen molar-refractivity contribution in [1.29, 1.82) is 0 Å². The summed E-state index contributed by atoms with van der Waals surface area (Å²) < 4.78 is 25.1. The van der Waals surface area contributed by atoms with Gasteiger partial charge >= 0.3 is 0 Å². The maximum atomic E-state index is 11.9. The summed E-state index contributed by atoms with van der Waals surface area (Å²) in [6.07, 6.45) is 1.01. The third-order valence-electron chi connectivity index (χ3n) is 2.50. The topological polar surface area (TPSA) is 70.5 Å². The fourth-order valence-corrected chi connectivity index (χ4v) is 3.45. The summed E-state index contributed by atoms with van der Waals surface area (Å²) in [5, 5.41) is 8.63. The van der Waals surface area contributed by atoms with Gasteiger partial charge < -0.3 is 5.11 Å². The van der Waals surface area contributed by atoms with Gasteiger partial charge in [0, 0.05) is 25.1 Å². The van der Waals surface area contributed by atoms with E-state index in [1.54, 1.807) is 12.6 Å². The van der Waals surface area contributed by atoms with E-state index in [1.807, 2.05) is 6.92 Å². The fraction of sp³-hybridized carbons (Fsp3) is 0.700. The van der Waals surface area contributed by atoms with Gasteiger partial charge in [0.2, 0.25) is 10.0 Å². The summed E-state index contributed by atoms with van der Waals surface area (Å²) >= 11 is 1.47. The summed E-state index contributed by atoms with van der Waals surface area (Å²) in [4.78, 5) is 5.06. The first kappa shape index (κ1) is 14.6. The van der Waals surface area contributed by atoms with Crippen molar-refractivity contribution in [3.63, 3.8) is 0 Å². The molecule has 0 atom stereocenters. The first-order chi connectivity index (χ1) is 7.97. The minimum atomic E-state index is -3.22. The van der Waals surface area contributed by atoms with E-state index in [0.29, 0.717) is 19.4 Å². The first-order valence-corrected chi connectivity index (χ1v) is 7.90. The van der Waals surface area contributed by atoms with Crippen LogP contribution in [0.4, 0.5) is 0 Å². The second-order valence-corrected chi connectivity index (χ2v) is 7.00. The molecule has 1 heterocycles. The second kappa shape index (κ2) is 6.44. The number of unbranched alkanes of at least 4 members (excludes halogenated alkanes) is 1. The number of sulfonamides is 1. The van der Waals surface area contributed by atoms with Crippen molar-refractivity contribution in [2.75, 3.05) is 19.4 Å². The molecule has 0 amide bonds. The number of nitrogens with zero attached hydrogens (tertiary/aromatic N) is 2. The van der Waals surface area contributed by atoms with Gasteiger partial charge in [-0.05, 0) is 19.8 Å². The molecule has 98 valence electrons. The van der Waals surface area contributed by atoms with Crippen LogP contribution >= 0.6 is 11.3 Å². The molecule has 17 heavy (non-hydrogen) atoms. The van der Waals surface area contributed by atoms with Crippen molar-refractivity contribution >= 4 is 21.4 Å². The molecular weight excluding hydrogens is 260 g/mol. The van der Waals surface area contributed by atoms with E-state index < -0.39 is 10.0 Å². The Hall–Kier alpha value is -0.500. The lowest BCUT2D eigenvalue weighted by atomic mass is 10.4. The maximum Gasteiger partial charge on any atom is 0.214 e. The molecule has 0 spiro atoms. The van der Waals surface area contributed by atoms with Crippen LogP contribution in [0.25, 0.3) is 0 Å². The van der Waals surface area contributed by atoms with Crippen LogP contribution in [-0.4, -0.2) is 42.2 Å². The van der Waals surface area contributed by atoms with Crippen LogP contribution in [0.1, 0.15) is 23.4 Å². The number of aliphatic hydroxyl groups excluding tert-OH is 1. The highest BCUT2D eigenvalue weighted by Crippen LogP contribution is 2.16. The molecule has 0 aliphatic rings. The molecule has 1 aromatic rings. The van der Waals surface area contributed by atoms with Crippen LogP contribution < -0.4 is 0 Å². The zero-order chi connectivity index (χ0) is 12.9. The molecule has 5 nitrogen and oxygen atoms in total. The van der Waals surface area contributed by atoms with Crippen molar-refractivity contribution in [3.05, 3.63) is 16.1 Å². The summed E-state index contributed by atoms with van der Waals surface area (Å²) in [6, 6.07) is 0. The lowest BCUT2D eigenvalue weighted by Gasteiger charge is -2.16. The number of rotatable bonds is 7. The lowest BCUT2D eigenvalue weighted by Crippen LogP contribution is -2.28. The molecule has 0 saturated carbocycles. The van der Waals surface area contributed by atoms with Gasteiger partial charge in [0.25, 0.3) is 0 Å². The quantitative estimate of drug-likeness (QED) is 0.755. The van der Waals surface area contributed by atoms with Crippen LogP contribution in [0.5, 0.6) is 0 Å². The largest absolute Gasteiger partial charge is 0.396 e.